The fourth-order valence-electron chi connectivity index (χ4n) is 3.43. The number of thioether (sulfide) groups is 2. The SMILES string of the molecule is CCCC1(C#N)CCC(C2SCC(CC)CS2)CC1. The van der Waals surface area contributed by atoms with Gasteiger partial charge in [0.1, 0.15) is 0 Å². The third-order valence-electron chi connectivity index (χ3n) is 4.91. The molecule has 2 fully saturated rings. The summed E-state index contributed by atoms with van der Waals surface area (Å²) in [6.45, 7) is 4.53. The summed E-state index contributed by atoms with van der Waals surface area (Å²) < 4.78 is 0.820. The van der Waals surface area contributed by atoms with Crippen LogP contribution in [0.15, 0.2) is 0 Å². The molecule has 1 aliphatic heterocycles. The van der Waals surface area contributed by atoms with Gasteiger partial charge in [0, 0.05) is 0 Å². The summed E-state index contributed by atoms with van der Waals surface area (Å²) in [5, 5.41) is 9.48. The van der Waals surface area contributed by atoms with Crippen molar-refractivity contribution in [3.8, 4) is 6.07 Å². The lowest BCUT2D eigenvalue weighted by atomic mass is 9.69. The van der Waals surface area contributed by atoms with Gasteiger partial charge in [0.2, 0.25) is 0 Å². The van der Waals surface area contributed by atoms with E-state index in [0.29, 0.717) is 0 Å². The van der Waals surface area contributed by atoms with Crippen molar-refractivity contribution in [2.45, 2.75) is 63.4 Å². The molecule has 2 aliphatic rings. The standard InChI is InChI=1S/C16H27NS2/c1-3-7-16(12-17)8-5-14(6-9-16)15-18-10-13(4-2)11-19-15/h13-15H,3-11H2,1-2H3. The van der Waals surface area contributed by atoms with E-state index in [-0.39, 0.29) is 5.41 Å². The van der Waals surface area contributed by atoms with Crippen LogP contribution < -0.4 is 0 Å². The van der Waals surface area contributed by atoms with E-state index in [1.807, 2.05) is 0 Å². The average Bonchev–Trinajstić information content (AvgIpc) is 2.48. The molecule has 19 heavy (non-hydrogen) atoms. The van der Waals surface area contributed by atoms with Crippen LogP contribution in [0.2, 0.25) is 0 Å². The highest BCUT2D eigenvalue weighted by atomic mass is 32.2. The zero-order valence-corrected chi connectivity index (χ0v) is 14.0. The molecule has 0 bridgehead atoms. The maximum Gasteiger partial charge on any atom is 0.0689 e. The number of hydrogen-bond donors (Lipinski definition) is 0. The fourth-order valence-corrected chi connectivity index (χ4v) is 7.15. The smallest absolute Gasteiger partial charge is 0.0689 e. The van der Waals surface area contributed by atoms with Crippen molar-refractivity contribution in [1.29, 1.82) is 5.26 Å². The van der Waals surface area contributed by atoms with E-state index in [2.05, 4.69) is 43.4 Å². The molecule has 0 aromatic carbocycles. The predicted octanol–water partition coefficient (Wildman–Crippen LogP) is 5.32. The molecule has 0 aromatic heterocycles. The second-order valence-corrected chi connectivity index (χ2v) is 8.94. The van der Waals surface area contributed by atoms with Gasteiger partial charge >= 0.3 is 0 Å². The number of hydrogen-bond acceptors (Lipinski definition) is 3. The van der Waals surface area contributed by atoms with Crippen molar-refractivity contribution >= 4 is 23.5 Å². The molecule has 0 atom stereocenters. The minimum Gasteiger partial charge on any atom is -0.198 e. The summed E-state index contributed by atoms with van der Waals surface area (Å²) in [5.41, 5.74) is 0.0290. The highest BCUT2D eigenvalue weighted by Crippen LogP contribution is 2.49. The van der Waals surface area contributed by atoms with Gasteiger partial charge in [-0.3, -0.25) is 0 Å². The lowest BCUT2D eigenvalue weighted by molar-refractivity contribution is 0.203. The van der Waals surface area contributed by atoms with E-state index in [9.17, 15) is 5.26 Å². The predicted molar refractivity (Wildman–Crippen MR) is 87.4 cm³/mol. The third-order valence-corrected chi connectivity index (χ3v) is 8.48. The average molecular weight is 298 g/mol. The van der Waals surface area contributed by atoms with Crippen LogP contribution in [-0.4, -0.2) is 16.1 Å². The lowest BCUT2D eigenvalue weighted by Gasteiger charge is -2.40. The first-order valence-electron chi connectivity index (χ1n) is 7.87. The van der Waals surface area contributed by atoms with Crippen LogP contribution in [0, 0.1) is 28.6 Å². The Labute approximate surface area is 127 Å². The highest BCUT2D eigenvalue weighted by Gasteiger charge is 2.38. The van der Waals surface area contributed by atoms with Crippen molar-refractivity contribution < 1.29 is 0 Å². The molecule has 0 spiro atoms. The molecule has 0 radical (unpaired) electrons. The molecular weight excluding hydrogens is 270 g/mol. The molecular formula is C16H27NS2. The molecule has 0 aromatic rings. The van der Waals surface area contributed by atoms with Gasteiger partial charge in [-0.2, -0.15) is 5.26 Å². The Balaban J connectivity index is 1.82. The molecule has 1 saturated carbocycles. The Hall–Kier alpha value is 0.190. The number of nitriles is 1. The van der Waals surface area contributed by atoms with E-state index < -0.39 is 0 Å². The maximum absolute atomic E-state index is 9.48. The number of rotatable bonds is 4. The largest absolute Gasteiger partial charge is 0.198 e. The summed E-state index contributed by atoms with van der Waals surface area (Å²) in [7, 11) is 0. The molecule has 0 N–H and O–H groups in total. The van der Waals surface area contributed by atoms with Crippen molar-refractivity contribution in [3.05, 3.63) is 0 Å². The molecule has 1 nitrogen and oxygen atoms in total. The topological polar surface area (TPSA) is 23.8 Å². The zero-order valence-electron chi connectivity index (χ0n) is 12.4. The first-order valence-corrected chi connectivity index (χ1v) is 9.97. The summed E-state index contributed by atoms with van der Waals surface area (Å²) in [6, 6.07) is 2.64. The summed E-state index contributed by atoms with van der Waals surface area (Å²) in [4.78, 5) is 0. The van der Waals surface area contributed by atoms with Gasteiger partial charge in [-0.1, -0.05) is 26.7 Å². The van der Waals surface area contributed by atoms with Crippen LogP contribution in [0.5, 0.6) is 0 Å². The molecule has 108 valence electrons. The maximum atomic E-state index is 9.48. The van der Waals surface area contributed by atoms with E-state index in [1.54, 1.807) is 0 Å². The Bertz CT molecular complexity index is 307. The molecule has 2 rings (SSSR count). The quantitative estimate of drug-likeness (QED) is 0.701. The fraction of sp³-hybridized carbons (Fsp3) is 0.938. The van der Waals surface area contributed by atoms with Crippen LogP contribution >= 0.6 is 23.5 Å². The van der Waals surface area contributed by atoms with Crippen molar-refractivity contribution in [2.24, 2.45) is 17.3 Å². The molecule has 0 amide bonds. The van der Waals surface area contributed by atoms with Crippen molar-refractivity contribution in [2.75, 3.05) is 11.5 Å². The number of nitrogens with zero attached hydrogens (tertiary/aromatic N) is 1. The van der Waals surface area contributed by atoms with Gasteiger partial charge in [-0.15, -0.1) is 23.5 Å². The van der Waals surface area contributed by atoms with Crippen LogP contribution in [0.3, 0.4) is 0 Å². The minimum absolute atomic E-state index is 0.0290. The normalized spacial score (nSPS) is 39.7. The first-order chi connectivity index (χ1) is 9.23. The van der Waals surface area contributed by atoms with Gasteiger partial charge in [-0.05, 0) is 55.4 Å². The monoisotopic (exact) mass is 297 g/mol. The molecule has 1 aliphatic carbocycles. The van der Waals surface area contributed by atoms with Crippen LogP contribution in [0.25, 0.3) is 0 Å². The second-order valence-electron chi connectivity index (χ2n) is 6.29. The Morgan fingerprint density at radius 2 is 1.79 bits per heavy atom. The van der Waals surface area contributed by atoms with Gasteiger partial charge in [0.15, 0.2) is 0 Å². The van der Waals surface area contributed by atoms with Crippen LogP contribution in [-0.2, 0) is 0 Å². The summed E-state index contributed by atoms with van der Waals surface area (Å²) in [5.74, 6) is 4.53. The minimum atomic E-state index is 0.0290. The first kappa shape index (κ1) is 15.6. The molecule has 3 heteroatoms. The van der Waals surface area contributed by atoms with Gasteiger partial charge in [0.25, 0.3) is 0 Å². The van der Waals surface area contributed by atoms with E-state index in [1.165, 1.54) is 30.8 Å². The van der Waals surface area contributed by atoms with Crippen molar-refractivity contribution in [1.82, 2.24) is 0 Å². The highest BCUT2D eigenvalue weighted by molar-refractivity contribution is 8.17. The Kier molecular flexibility index (Phi) is 5.96. The van der Waals surface area contributed by atoms with E-state index in [0.717, 1.165) is 42.1 Å². The van der Waals surface area contributed by atoms with E-state index in [4.69, 9.17) is 0 Å². The van der Waals surface area contributed by atoms with Gasteiger partial charge in [0.05, 0.1) is 16.1 Å². The lowest BCUT2D eigenvalue weighted by Crippen LogP contribution is -2.31. The Morgan fingerprint density at radius 1 is 1.16 bits per heavy atom. The summed E-state index contributed by atoms with van der Waals surface area (Å²) in [6.07, 6.45) is 8.48. The zero-order chi connectivity index (χ0) is 13.7. The summed E-state index contributed by atoms with van der Waals surface area (Å²) >= 11 is 4.41. The van der Waals surface area contributed by atoms with Gasteiger partial charge < -0.3 is 0 Å². The molecule has 1 heterocycles. The van der Waals surface area contributed by atoms with Gasteiger partial charge in [-0.25, -0.2) is 0 Å². The Morgan fingerprint density at radius 3 is 2.26 bits per heavy atom. The van der Waals surface area contributed by atoms with E-state index >= 15 is 0 Å². The third kappa shape index (κ3) is 3.85. The molecule has 0 unspecified atom stereocenters. The van der Waals surface area contributed by atoms with Crippen LogP contribution in [0.1, 0.15) is 58.8 Å². The van der Waals surface area contributed by atoms with Crippen molar-refractivity contribution in [3.63, 3.8) is 0 Å². The molecule has 1 saturated heterocycles. The second kappa shape index (κ2) is 7.27. The van der Waals surface area contributed by atoms with Crippen LogP contribution in [0.4, 0.5) is 0 Å².